The van der Waals surface area contributed by atoms with E-state index in [1.54, 1.807) is 23.1 Å². The van der Waals surface area contributed by atoms with Crippen LogP contribution in [0.2, 0.25) is 0 Å². The molecule has 0 aliphatic heterocycles. The van der Waals surface area contributed by atoms with E-state index >= 15 is 0 Å². The van der Waals surface area contributed by atoms with Gasteiger partial charge in [-0.3, -0.25) is 0 Å². The van der Waals surface area contributed by atoms with Crippen molar-refractivity contribution in [2.24, 2.45) is 0 Å². The van der Waals surface area contributed by atoms with Crippen molar-refractivity contribution in [3.63, 3.8) is 0 Å². The Morgan fingerprint density at radius 1 is 1.45 bits per heavy atom. The van der Waals surface area contributed by atoms with E-state index in [9.17, 15) is 0 Å². The largest absolute Gasteiger partial charge is 1.00 e. The predicted octanol–water partition coefficient (Wildman–Crippen LogP) is -0.0487. The van der Waals surface area contributed by atoms with E-state index in [1.807, 2.05) is 0 Å². The van der Waals surface area contributed by atoms with Gasteiger partial charge >= 0.3 is 0 Å². The number of fused-ring (bicyclic) bond motifs is 1. The van der Waals surface area contributed by atoms with E-state index in [0.717, 1.165) is 0 Å². The maximum Gasteiger partial charge on any atom is 0.209 e. The molecular formula is C7H6ClNS2. The first-order valence-corrected chi connectivity index (χ1v) is 4.56. The molecule has 11 heavy (non-hydrogen) atoms. The molecule has 0 fully saturated rings. The highest BCUT2D eigenvalue weighted by molar-refractivity contribution is 7.30. The molecule has 0 amide bonds. The fourth-order valence-electron chi connectivity index (χ4n) is 0.861. The summed E-state index contributed by atoms with van der Waals surface area (Å²) >= 11 is 3.13. The van der Waals surface area contributed by atoms with Crippen molar-refractivity contribution in [1.29, 1.82) is 0 Å². The van der Waals surface area contributed by atoms with Crippen LogP contribution in [-0.4, -0.2) is 3.76 Å². The lowest BCUT2D eigenvalue weighted by Gasteiger charge is -1.82. The van der Waals surface area contributed by atoms with E-state index in [4.69, 9.17) is 0 Å². The van der Waals surface area contributed by atoms with Gasteiger partial charge in [-0.2, -0.15) is 0 Å². The van der Waals surface area contributed by atoms with Crippen LogP contribution in [-0.2, 0) is 0 Å². The highest BCUT2D eigenvalue weighted by Gasteiger charge is 2.06. The van der Waals surface area contributed by atoms with Crippen LogP contribution in [0.3, 0.4) is 0 Å². The molecule has 0 unspecified atom stereocenters. The number of rotatable bonds is 0. The summed E-state index contributed by atoms with van der Waals surface area (Å²) in [7, 11) is 0. The maximum atomic E-state index is 4.13. The molecule has 0 bridgehead atoms. The Labute approximate surface area is 79.4 Å². The summed E-state index contributed by atoms with van der Waals surface area (Å²) in [6, 6.07) is 6.41. The Bertz CT molecular complexity index is 358. The normalized spacial score (nSPS) is 9.55. The van der Waals surface area contributed by atoms with E-state index < -0.39 is 0 Å². The molecule has 0 radical (unpaired) electrons. The summed E-state index contributed by atoms with van der Waals surface area (Å²) in [5.74, 6) is 0. The van der Waals surface area contributed by atoms with E-state index in [2.05, 4.69) is 28.9 Å². The standard InChI is InChI=1S/C7H6NS2.ClH/c1-5-2-3-6-7(4-5)10-8-9-6;/h2-4H,1H3;1H/q+1;/p-1. The van der Waals surface area contributed by atoms with E-state index in [-0.39, 0.29) is 12.4 Å². The molecule has 0 saturated heterocycles. The zero-order chi connectivity index (χ0) is 6.97. The van der Waals surface area contributed by atoms with Crippen molar-refractivity contribution < 1.29 is 12.4 Å². The third-order valence-electron chi connectivity index (χ3n) is 1.37. The fraction of sp³-hybridized carbons (Fsp3) is 0.143. The second-order valence-corrected chi connectivity index (χ2v) is 4.05. The van der Waals surface area contributed by atoms with Gasteiger partial charge in [0.2, 0.25) is 23.1 Å². The van der Waals surface area contributed by atoms with Gasteiger partial charge in [0.05, 0.1) is 3.76 Å². The molecule has 0 saturated carbocycles. The second kappa shape index (κ2) is 3.43. The molecule has 58 valence electrons. The fourth-order valence-corrected chi connectivity index (χ4v) is 2.55. The summed E-state index contributed by atoms with van der Waals surface area (Å²) in [6.45, 7) is 2.10. The number of halogens is 1. The average Bonchev–Trinajstić information content (AvgIpc) is 2.33. The van der Waals surface area contributed by atoms with Crippen molar-refractivity contribution in [2.45, 2.75) is 6.92 Å². The molecule has 0 spiro atoms. The molecule has 1 heterocycles. The maximum absolute atomic E-state index is 4.13. The quantitative estimate of drug-likeness (QED) is 0.548. The van der Waals surface area contributed by atoms with Crippen LogP contribution >= 0.6 is 23.1 Å². The first kappa shape index (κ1) is 8.84. The summed E-state index contributed by atoms with van der Waals surface area (Å²) in [4.78, 5) is 0. The molecule has 2 aromatic rings. The van der Waals surface area contributed by atoms with Crippen molar-refractivity contribution in [1.82, 2.24) is 3.76 Å². The van der Waals surface area contributed by atoms with Crippen LogP contribution < -0.4 is 12.4 Å². The molecule has 0 aliphatic carbocycles. The molecule has 0 aliphatic rings. The number of hydrogen-bond acceptors (Lipinski definition) is 2. The Hall–Kier alpha value is -0.250. The van der Waals surface area contributed by atoms with Crippen LogP contribution in [0.1, 0.15) is 5.56 Å². The monoisotopic (exact) mass is 203 g/mol. The van der Waals surface area contributed by atoms with Gasteiger partial charge in [-0.15, -0.1) is 0 Å². The third-order valence-corrected chi connectivity index (χ3v) is 3.18. The lowest BCUT2D eigenvalue weighted by Crippen LogP contribution is -3.00. The smallest absolute Gasteiger partial charge is 0.209 e. The van der Waals surface area contributed by atoms with Gasteiger partial charge in [0, 0.05) is 0 Å². The molecule has 4 heteroatoms. The minimum Gasteiger partial charge on any atom is -1.00 e. The van der Waals surface area contributed by atoms with E-state index in [0.29, 0.717) is 0 Å². The van der Waals surface area contributed by atoms with Gasteiger partial charge in [-0.05, 0) is 24.6 Å². The van der Waals surface area contributed by atoms with Crippen LogP contribution in [0.5, 0.6) is 0 Å². The zero-order valence-corrected chi connectivity index (χ0v) is 8.26. The molecule has 1 aromatic heterocycles. The first-order chi connectivity index (χ1) is 4.86. The lowest BCUT2D eigenvalue weighted by molar-refractivity contribution is -0.00000198. The van der Waals surface area contributed by atoms with Crippen molar-refractivity contribution in [3.05, 3.63) is 23.8 Å². The van der Waals surface area contributed by atoms with Crippen molar-refractivity contribution in [3.8, 4) is 0 Å². The van der Waals surface area contributed by atoms with Crippen molar-refractivity contribution in [2.75, 3.05) is 0 Å². The number of aryl methyl sites for hydroxylation is 1. The van der Waals surface area contributed by atoms with Gasteiger partial charge in [0.25, 0.3) is 0 Å². The van der Waals surface area contributed by atoms with Gasteiger partial charge in [0.1, 0.15) is 0 Å². The van der Waals surface area contributed by atoms with Crippen LogP contribution in [0.4, 0.5) is 0 Å². The van der Waals surface area contributed by atoms with Crippen LogP contribution in [0, 0.1) is 6.92 Å². The van der Waals surface area contributed by atoms with Gasteiger partial charge < -0.3 is 12.4 Å². The van der Waals surface area contributed by atoms with Gasteiger partial charge in [0.15, 0.2) is 9.40 Å². The zero-order valence-electron chi connectivity index (χ0n) is 5.87. The first-order valence-electron chi connectivity index (χ1n) is 3.01. The number of nitrogens with zero attached hydrogens (tertiary/aromatic N) is 1. The Morgan fingerprint density at radius 2 is 2.27 bits per heavy atom. The molecule has 1 nitrogen and oxygen atoms in total. The summed E-state index contributed by atoms with van der Waals surface area (Å²) < 4.78 is 6.71. The number of aromatic nitrogens is 1. The minimum absolute atomic E-state index is 0. The molecule has 0 atom stereocenters. The molecule has 2 rings (SSSR count). The number of hydrogen-bond donors (Lipinski definition) is 0. The van der Waals surface area contributed by atoms with E-state index in [1.165, 1.54) is 15.0 Å². The highest BCUT2D eigenvalue weighted by Crippen LogP contribution is 2.22. The Morgan fingerprint density at radius 3 is 3.09 bits per heavy atom. The van der Waals surface area contributed by atoms with Crippen molar-refractivity contribution >= 4 is 32.5 Å². The Balaban J connectivity index is 0.000000605. The van der Waals surface area contributed by atoms with Crippen LogP contribution in [0.15, 0.2) is 18.2 Å². The topological polar surface area (TPSA) is 12.9 Å². The predicted molar refractivity (Wildman–Crippen MR) is 46.6 cm³/mol. The molecular weight excluding hydrogens is 198 g/mol. The molecule has 0 N–H and O–H groups in total. The average molecular weight is 204 g/mol. The second-order valence-electron chi connectivity index (χ2n) is 2.21. The summed E-state index contributed by atoms with van der Waals surface area (Å²) in [5, 5.41) is 0. The minimum atomic E-state index is 0. The molecule has 1 aromatic carbocycles. The third kappa shape index (κ3) is 1.67. The summed E-state index contributed by atoms with van der Waals surface area (Å²) in [6.07, 6.45) is 0. The SMILES string of the molecule is Cc1ccc2[s+]nsc2c1.[Cl-]. The summed E-state index contributed by atoms with van der Waals surface area (Å²) in [5.41, 5.74) is 1.31. The van der Waals surface area contributed by atoms with Gasteiger partial charge in [-0.25, -0.2) is 0 Å². The highest BCUT2D eigenvalue weighted by atomic mass is 35.5. The van der Waals surface area contributed by atoms with Gasteiger partial charge in [-0.1, -0.05) is 6.07 Å². The lowest BCUT2D eigenvalue weighted by atomic mass is 10.2. The van der Waals surface area contributed by atoms with Crippen LogP contribution in [0.25, 0.3) is 9.40 Å². The number of benzene rings is 1. The Kier molecular flexibility index (Phi) is 2.76.